The number of nitrogens with zero attached hydrogens (tertiary/aromatic N) is 1. The molecule has 4 heteroatoms. The highest BCUT2D eigenvalue weighted by Gasteiger charge is 2.15. The van der Waals surface area contributed by atoms with Crippen LogP contribution in [0.5, 0.6) is 0 Å². The van der Waals surface area contributed by atoms with Gasteiger partial charge in [-0.15, -0.1) is 0 Å². The second-order valence-corrected chi connectivity index (χ2v) is 5.83. The van der Waals surface area contributed by atoms with Crippen LogP contribution < -0.4 is 5.32 Å². The van der Waals surface area contributed by atoms with E-state index < -0.39 is 5.60 Å². The second kappa shape index (κ2) is 7.08. The number of carbonyl (C=O) groups is 1. The lowest BCUT2D eigenvalue weighted by molar-refractivity contribution is 0.0529. The molecule has 0 aliphatic heterocycles. The Morgan fingerprint density at radius 1 is 1.40 bits per heavy atom. The summed E-state index contributed by atoms with van der Waals surface area (Å²) in [6, 6.07) is 2.10. The lowest BCUT2D eigenvalue weighted by Crippen LogP contribution is -2.32. The zero-order valence-corrected chi connectivity index (χ0v) is 13.0. The first kappa shape index (κ1) is 16.2. The number of ether oxygens (including phenoxy) is 1. The summed E-state index contributed by atoms with van der Waals surface area (Å²) < 4.78 is 5.15. The van der Waals surface area contributed by atoms with Crippen LogP contribution in [0.2, 0.25) is 0 Å². The van der Waals surface area contributed by atoms with E-state index in [1.165, 1.54) is 0 Å². The monoisotopic (exact) mass is 276 g/mol. The van der Waals surface area contributed by atoms with Gasteiger partial charge in [-0.2, -0.15) is 0 Å². The summed E-state index contributed by atoms with van der Waals surface area (Å²) >= 11 is 0. The predicted molar refractivity (Wildman–Crippen MR) is 81.6 cm³/mol. The summed E-state index contributed by atoms with van der Waals surface area (Å²) in [5.41, 5.74) is 2.82. The van der Waals surface area contributed by atoms with Crippen molar-refractivity contribution in [2.45, 2.75) is 46.6 Å². The zero-order chi connectivity index (χ0) is 15.2. The largest absolute Gasteiger partial charge is 0.444 e. The van der Waals surface area contributed by atoms with E-state index in [1.54, 1.807) is 0 Å². The maximum atomic E-state index is 11.4. The Kier molecular flexibility index (Phi) is 5.74. The first-order valence-electron chi connectivity index (χ1n) is 6.84. The van der Waals surface area contributed by atoms with Crippen molar-refractivity contribution < 1.29 is 9.53 Å². The summed E-state index contributed by atoms with van der Waals surface area (Å²) in [6.45, 7) is 10.2. The summed E-state index contributed by atoms with van der Waals surface area (Å²) in [5.74, 6) is 0. The molecule has 0 spiro atoms. The van der Waals surface area contributed by atoms with Gasteiger partial charge in [-0.25, -0.2) is 4.79 Å². The van der Waals surface area contributed by atoms with Crippen molar-refractivity contribution in [1.82, 2.24) is 10.3 Å². The summed E-state index contributed by atoms with van der Waals surface area (Å²) in [6.07, 6.45) is 6.20. The van der Waals surface area contributed by atoms with Gasteiger partial charge in [0.15, 0.2) is 0 Å². The molecule has 4 nitrogen and oxygen atoms in total. The highest BCUT2D eigenvalue weighted by atomic mass is 16.6. The third-order valence-corrected chi connectivity index (χ3v) is 2.51. The lowest BCUT2D eigenvalue weighted by atomic mass is 10.1. The van der Waals surface area contributed by atoms with Crippen LogP contribution in [0.1, 0.15) is 44.0 Å². The first-order valence-corrected chi connectivity index (χ1v) is 6.84. The number of hydrogen-bond donors (Lipinski definition) is 1. The van der Waals surface area contributed by atoms with Gasteiger partial charge in [-0.1, -0.05) is 12.1 Å². The number of nitrogens with one attached hydrogen (secondary N) is 1. The van der Waals surface area contributed by atoms with Crippen molar-refractivity contribution >= 4 is 12.2 Å². The minimum atomic E-state index is -0.456. The summed E-state index contributed by atoms with van der Waals surface area (Å²) in [4.78, 5) is 15.8. The van der Waals surface area contributed by atoms with E-state index in [0.29, 0.717) is 6.54 Å². The van der Waals surface area contributed by atoms with Gasteiger partial charge < -0.3 is 10.1 Å². The van der Waals surface area contributed by atoms with Crippen molar-refractivity contribution in [3.63, 3.8) is 0 Å². The Hall–Kier alpha value is -1.84. The van der Waals surface area contributed by atoms with Gasteiger partial charge in [-0.05, 0) is 58.2 Å². The molecule has 0 atom stereocenters. The van der Waals surface area contributed by atoms with Crippen LogP contribution >= 0.6 is 0 Å². The Labute approximate surface area is 121 Å². The number of rotatable bonds is 4. The molecular formula is C16H24N2O2. The van der Waals surface area contributed by atoms with Gasteiger partial charge >= 0.3 is 6.09 Å². The van der Waals surface area contributed by atoms with Gasteiger partial charge in [-0.3, -0.25) is 4.98 Å². The van der Waals surface area contributed by atoms with Crippen molar-refractivity contribution in [1.29, 1.82) is 0 Å². The van der Waals surface area contributed by atoms with E-state index in [-0.39, 0.29) is 6.09 Å². The number of aromatic nitrogens is 1. The normalized spacial score (nSPS) is 11.7. The van der Waals surface area contributed by atoms with Crippen LogP contribution in [0.4, 0.5) is 4.79 Å². The molecule has 0 radical (unpaired) electrons. The van der Waals surface area contributed by atoms with Gasteiger partial charge in [0.25, 0.3) is 0 Å². The molecule has 1 N–H and O–H groups in total. The van der Waals surface area contributed by atoms with E-state index in [9.17, 15) is 4.79 Å². The minimum absolute atomic E-state index is 0.379. The third-order valence-electron chi connectivity index (χ3n) is 2.51. The maximum absolute atomic E-state index is 11.4. The van der Waals surface area contributed by atoms with E-state index in [2.05, 4.69) is 16.4 Å². The van der Waals surface area contributed by atoms with Crippen LogP contribution in [0, 0.1) is 13.8 Å². The van der Waals surface area contributed by atoms with Crippen LogP contribution in [0.3, 0.4) is 0 Å². The van der Waals surface area contributed by atoms with Gasteiger partial charge in [0.2, 0.25) is 0 Å². The fourth-order valence-electron chi connectivity index (χ4n) is 1.67. The smallest absolute Gasteiger partial charge is 0.407 e. The van der Waals surface area contributed by atoms with E-state index in [0.717, 1.165) is 23.2 Å². The van der Waals surface area contributed by atoms with Crippen LogP contribution in [0.25, 0.3) is 6.08 Å². The average Bonchev–Trinajstić information content (AvgIpc) is 2.28. The van der Waals surface area contributed by atoms with Crippen LogP contribution in [0.15, 0.2) is 18.3 Å². The molecule has 20 heavy (non-hydrogen) atoms. The maximum Gasteiger partial charge on any atom is 0.407 e. The van der Waals surface area contributed by atoms with Gasteiger partial charge in [0, 0.05) is 12.7 Å². The molecule has 1 amide bonds. The highest BCUT2D eigenvalue weighted by molar-refractivity contribution is 5.67. The number of carbonyl (C=O) groups excluding carboxylic acids is 1. The van der Waals surface area contributed by atoms with Gasteiger partial charge in [0.1, 0.15) is 5.60 Å². The molecule has 0 saturated heterocycles. The highest BCUT2D eigenvalue weighted by Crippen LogP contribution is 2.09. The molecule has 0 aromatic carbocycles. The van der Waals surface area contributed by atoms with E-state index in [4.69, 9.17) is 4.74 Å². The minimum Gasteiger partial charge on any atom is -0.444 e. The molecule has 1 aromatic rings. The Bertz CT molecular complexity index is 488. The topological polar surface area (TPSA) is 51.2 Å². The quantitative estimate of drug-likeness (QED) is 0.854. The average molecular weight is 276 g/mol. The Morgan fingerprint density at radius 3 is 2.70 bits per heavy atom. The molecule has 1 aromatic heterocycles. The molecule has 0 aliphatic rings. The third kappa shape index (κ3) is 6.36. The van der Waals surface area contributed by atoms with Crippen molar-refractivity contribution in [3.05, 3.63) is 35.2 Å². The fraction of sp³-hybridized carbons (Fsp3) is 0.500. The summed E-state index contributed by atoms with van der Waals surface area (Å²) in [5, 5.41) is 2.72. The van der Waals surface area contributed by atoms with Crippen LogP contribution in [-0.2, 0) is 4.74 Å². The molecule has 0 saturated carbocycles. The number of pyridine rings is 1. The zero-order valence-electron chi connectivity index (χ0n) is 13.0. The molecule has 0 fully saturated rings. The standard InChI is InChI=1S/C16H24N2O2/c1-12-10-13(2)14(18-11-12)8-6-7-9-17-15(19)20-16(3,4)5/h6,8,10-11H,7,9H2,1-5H3,(H,17,19). The number of amides is 1. The number of aryl methyl sites for hydroxylation is 2. The van der Waals surface area contributed by atoms with Gasteiger partial charge in [0.05, 0.1) is 5.69 Å². The Morgan fingerprint density at radius 2 is 2.10 bits per heavy atom. The molecule has 110 valence electrons. The van der Waals surface area contributed by atoms with E-state index >= 15 is 0 Å². The number of alkyl carbamates (subject to hydrolysis) is 1. The molecule has 0 aliphatic carbocycles. The molecule has 0 unspecified atom stereocenters. The van der Waals surface area contributed by atoms with E-state index in [1.807, 2.05) is 53.0 Å². The SMILES string of the molecule is Cc1cnc(C=CCCNC(=O)OC(C)(C)C)c(C)c1. The first-order chi connectivity index (χ1) is 9.28. The predicted octanol–water partition coefficient (Wildman–Crippen LogP) is 3.63. The fourth-order valence-corrected chi connectivity index (χ4v) is 1.67. The molecule has 1 heterocycles. The second-order valence-electron chi connectivity index (χ2n) is 5.83. The van der Waals surface area contributed by atoms with Crippen LogP contribution in [-0.4, -0.2) is 23.2 Å². The summed E-state index contributed by atoms with van der Waals surface area (Å²) in [7, 11) is 0. The van der Waals surface area contributed by atoms with Crippen molar-refractivity contribution in [2.24, 2.45) is 0 Å². The number of hydrogen-bond acceptors (Lipinski definition) is 3. The molecular weight excluding hydrogens is 252 g/mol. The van der Waals surface area contributed by atoms with Crippen molar-refractivity contribution in [2.75, 3.05) is 6.54 Å². The molecule has 1 rings (SSSR count). The van der Waals surface area contributed by atoms with Crippen molar-refractivity contribution in [3.8, 4) is 0 Å². The molecule has 0 bridgehead atoms. The Balaban J connectivity index is 2.34. The lowest BCUT2D eigenvalue weighted by Gasteiger charge is -2.19.